The fraction of sp³-hybridized carbons (Fsp3) is 0.316. The molecule has 0 spiro atoms. The van der Waals surface area contributed by atoms with E-state index in [0.29, 0.717) is 5.69 Å². The number of aromatic nitrogens is 4. The van der Waals surface area contributed by atoms with E-state index in [1.807, 2.05) is 44.2 Å². The van der Waals surface area contributed by atoms with Gasteiger partial charge >= 0.3 is 5.97 Å². The molecule has 0 bridgehead atoms. The lowest BCUT2D eigenvalue weighted by molar-refractivity contribution is -0.137. The van der Waals surface area contributed by atoms with E-state index in [-0.39, 0.29) is 30.6 Å². The average molecular weight is 367 g/mol. The number of rotatable bonds is 6. The van der Waals surface area contributed by atoms with Gasteiger partial charge in [0.25, 0.3) is 5.91 Å². The molecule has 27 heavy (non-hydrogen) atoms. The molecule has 3 aromatic rings. The monoisotopic (exact) mass is 367 g/mol. The number of carbonyl (C=O) groups excluding carboxylic acids is 1. The van der Waals surface area contributed by atoms with Crippen LogP contribution in [0.1, 0.15) is 36.5 Å². The van der Waals surface area contributed by atoms with Crippen LogP contribution in [0.3, 0.4) is 0 Å². The zero-order valence-electron chi connectivity index (χ0n) is 15.5. The van der Waals surface area contributed by atoms with Crippen LogP contribution in [0, 0.1) is 6.92 Å². The molecule has 3 rings (SSSR count). The number of carbonyl (C=O) groups is 2. The molecule has 0 unspecified atom stereocenters. The summed E-state index contributed by atoms with van der Waals surface area (Å²) in [6.07, 6.45) is 1.60. The van der Waals surface area contributed by atoms with Crippen LogP contribution in [0.4, 0.5) is 0 Å². The number of amides is 1. The fourth-order valence-corrected chi connectivity index (χ4v) is 2.97. The SMILES string of the molecule is Cc1c(C(=O)N(CCC(=O)O)C(C)C)nnn1-c1cccc2ncccc12. The minimum Gasteiger partial charge on any atom is -0.481 e. The second-order valence-electron chi connectivity index (χ2n) is 6.52. The largest absolute Gasteiger partial charge is 0.481 e. The Morgan fingerprint density at radius 1 is 1.22 bits per heavy atom. The fourth-order valence-electron chi connectivity index (χ4n) is 2.97. The van der Waals surface area contributed by atoms with Gasteiger partial charge in [-0.05, 0) is 45.0 Å². The first kappa shape index (κ1) is 18.5. The van der Waals surface area contributed by atoms with Crippen LogP contribution in [-0.2, 0) is 4.79 Å². The van der Waals surface area contributed by atoms with Crippen LogP contribution in [-0.4, -0.2) is 54.4 Å². The van der Waals surface area contributed by atoms with Crippen molar-refractivity contribution in [2.24, 2.45) is 0 Å². The molecule has 0 saturated heterocycles. The average Bonchev–Trinajstić information content (AvgIpc) is 3.02. The van der Waals surface area contributed by atoms with Crippen molar-refractivity contribution in [1.29, 1.82) is 0 Å². The Bertz CT molecular complexity index is 991. The number of carboxylic acid groups (broad SMARTS) is 1. The molecule has 0 saturated carbocycles. The van der Waals surface area contributed by atoms with E-state index in [1.54, 1.807) is 17.8 Å². The number of hydrogen-bond acceptors (Lipinski definition) is 5. The molecule has 8 heteroatoms. The summed E-state index contributed by atoms with van der Waals surface area (Å²) in [6.45, 7) is 5.58. The molecule has 0 aliphatic carbocycles. The summed E-state index contributed by atoms with van der Waals surface area (Å²) in [4.78, 5) is 29.7. The minimum absolute atomic E-state index is 0.119. The summed E-state index contributed by atoms with van der Waals surface area (Å²) in [7, 11) is 0. The Kier molecular flexibility index (Phi) is 5.16. The lowest BCUT2D eigenvalue weighted by Crippen LogP contribution is -2.39. The van der Waals surface area contributed by atoms with Crippen molar-refractivity contribution in [3.8, 4) is 5.69 Å². The number of carboxylic acids is 1. The number of hydrogen-bond donors (Lipinski definition) is 1. The highest BCUT2D eigenvalue weighted by Gasteiger charge is 2.25. The summed E-state index contributed by atoms with van der Waals surface area (Å²) in [5.74, 6) is -1.27. The summed E-state index contributed by atoms with van der Waals surface area (Å²) >= 11 is 0. The van der Waals surface area contributed by atoms with Crippen LogP contribution in [0.25, 0.3) is 16.6 Å². The van der Waals surface area contributed by atoms with Crippen LogP contribution < -0.4 is 0 Å². The third-order valence-electron chi connectivity index (χ3n) is 4.40. The van der Waals surface area contributed by atoms with Gasteiger partial charge in [0.05, 0.1) is 23.3 Å². The van der Waals surface area contributed by atoms with Gasteiger partial charge in [-0.15, -0.1) is 5.10 Å². The molecule has 8 nitrogen and oxygen atoms in total. The summed E-state index contributed by atoms with van der Waals surface area (Å²) < 4.78 is 1.62. The van der Waals surface area contributed by atoms with Crippen molar-refractivity contribution in [2.75, 3.05) is 6.54 Å². The van der Waals surface area contributed by atoms with Gasteiger partial charge in [0, 0.05) is 24.2 Å². The third-order valence-corrected chi connectivity index (χ3v) is 4.40. The highest BCUT2D eigenvalue weighted by atomic mass is 16.4. The lowest BCUT2D eigenvalue weighted by Gasteiger charge is -2.25. The highest BCUT2D eigenvalue weighted by Crippen LogP contribution is 2.22. The van der Waals surface area contributed by atoms with Gasteiger partial charge in [-0.3, -0.25) is 14.6 Å². The number of benzene rings is 1. The lowest BCUT2D eigenvalue weighted by atomic mass is 10.1. The van der Waals surface area contributed by atoms with E-state index in [0.717, 1.165) is 16.6 Å². The van der Waals surface area contributed by atoms with Crippen molar-refractivity contribution in [3.63, 3.8) is 0 Å². The van der Waals surface area contributed by atoms with E-state index in [9.17, 15) is 9.59 Å². The summed E-state index contributed by atoms with van der Waals surface area (Å²) in [5.41, 5.74) is 2.42. The predicted octanol–water partition coefficient (Wildman–Crippen LogP) is 2.45. The molecule has 0 atom stereocenters. The Morgan fingerprint density at radius 2 is 2.00 bits per heavy atom. The van der Waals surface area contributed by atoms with Crippen molar-refractivity contribution in [3.05, 3.63) is 47.9 Å². The van der Waals surface area contributed by atoms with Crippen LogP contribution in [0.5, 0.6) is 0 Å². The van der Waals surface area contributed by atoms with Gasteiger partial charge in [-0.25, -0.2) is 4.68 Å². The van der Waals surface area contributed by atoms with Crippen LogP contribution >= 0.6 is 0 Å². The first-order chi connectivity index (χ1) is 12.9. The van der Waals surface area contributed by atoms with Crippen molar-refractivity contribution in [1.82, 2.24) is 24.9 Å². The Morgan fingerprint density at radius 3 is 2.70 bits per heavy atom. The number of nitrogens with zero attached hydrogens (tertiary/aromatic N) is 5. The molecule has 0 radical (unpaired) electrons. The smallest absolute Gasteiger partial charge is 0.305 e. The molecule has 140 valence electrons. The quantitative estimate of drug-likeness (QED) is 0.718. The van der Waals surface area contributed by atoms with Gasteiger partial charge in [-0.1, -0.05) is 11.3 Å². The zero-order chi connectivity index (χ0) is 19.6. The Hall–Kier alpha value is -3.29. The van der Waals surface area contributed by atoms with E-state index in [1.165, 1.54) is 4.90 Å². The first-order valence-electron chi connectivity index (χ1n) is 8.69. The van der Waals surface area contributed by atoms with Crippen LogP contribution in [0.15, 0.2) is 36.5 Å². The van der Waals surface area contributed by atoms with E-state index in [2.05, 4.69) is 15.3 Å². The highest BCUT2D eigenvalue weighted by molar-refractivity contribution is 5.94. The minimum atomic E-state index is -0.947. The number of pyridine rings is 1. The van der Waals surface area contributed by atoms with Gasteiger partial charge in [0.15, 0.2) is 5.69 Å². The first-order valence-corrected chi connectivity index (χ1v) is 8.69. The molecule has 1 N–H and O–H groups in total. The molecule has 0 aliphatic rings. The predicted molar refractivity (Wildman–Crippen MR) is 99.8 cm³/mol. The van der Waals surface area contributed by atoms with E-state index < -0.39 is 5.97 Å². The number of fused-ring (bicyclic) bond motifs is 1. The van der Waals surface area contributed by atoms with Crippen molar-refractivity contribution >= 4 is 22.8 Å². The van der Waals surface area contributed by atoms with Crippen LogP contribution in [0.2, 0.25) is 0 Å². The van der Waals surface area contributed by atoms with Gasteiger partial charge < -0.3 is 10.0 Å². The zero-order valence-corrected chi connectivity index (χ0v) is 15.5. The van der Waals surface area contributed by atoms with Crippen molar-refractivity contribution < 1.29 is 14.7 Å². The molecular formula is C19H21N5O3. The molecule has 2 heterocycles. The number of aliphatic carboxylic acids is 1. The van der Waals surface area contributed by atoms with Gasteiger partial charge in [-0.2, -0.15) is 0 Å². The van der Waals surface area contributed by atoms with E-state index in [4.69, 9.17) is 5.11 Å². The Labute approximate surface area is 156 Å². The maximum absolute atomic E-state index is 12.9. The van der Waals surface area contributed by atoms with E-state index >= 15 is 0 Å². The van der Waals surface area contributed by atoms with Gasteiger partial charge in [0.2, 0.25) is 0 Å². The molecule has 2 aromatic heterocycles. The topological polar surface area (TPSA) is 101 Å². The summed E-state index contributed by atoms with van der Waals surface area (Å²) in [5, 5.41) is 18.1. The van der Waals surface area contributed by atoms with Gasteiger partial charge in [0.1, 0.15) is 0 Å². The maximum Gasteiger partial charge on any atom is 0.305 e. The molecular weight excluding hydrogens is 346 g/mol. The molecule has 0 fully saturated rings. The van der Waals surface area contributed by atoms with Crippen molar-refractivity contribution in [2.45, 2.75) is 33.2 Å². The second kappa shape index (κ2) is 7.53. The standard InChI is InChI=1S/C19H21N5O3/c1-12(2)23(11-9-17(25)26)19(27)18-13(3)24(22-21-18)16-8-4-7-15-14(16)6-5-10-20-15/h4-8,10,12H,9,11H2,1-3H3,(H,25,26). The second-order valence-corrected chi connectivity index (χ2v) is 6.52. The molecule has 1 aromatic carbocycles. The Balaban J connectivity index is 1.99. The normalized spacial score (nSPS) is 11.1. The molecule has 0 aliphatic heterocycles. The third kappa shape index (κ3) is 3.64. The summed E-state index contributed by atoms with van der Waals surface area (Å²) in [6, 6.07) is 9.31. The maximum atomic E-state index is 12.9. The molecule has 1 amide bonds.